The van der Waals surface area contributed by atoms with Gasteiger partial charge in [0.15, 0.2) is 0 Å². The van der Waals surface area contributed by atoms with Gasteiger partial charge < -0.3 is 9.84 Å². The predicted octanol–water partition coefficient (Wildman–Crippen LogP) is 2.78. The van der Waals surface area contributed by atoms with E-state index in [2.05, 4.69) is 25.1 Å². The van der Waals surface area contributed by atoms with Crippen molar-refractivity contribution in [3.8, 4) is 0 Å². The first-order valence-corrected chi connectivity index (χ1v) is 6.47. The van der Waals surface area contributed by atoms with E-state index in [4.69, 9.17) is 4.52 Å². The molecule has 0 aliphatic carbocycles. The average Bonchev–Trinajstić information content (AvgIpc) is 2.88. The van der Waals surface area contributed by atoms with E-state index in [1.165, 1.54) is 6.26 Å². The summed E-state index contributed by atoms with van der Waals surface area (Å²) in [5.74, 6) is 0.703. The summed E-state index contributed by atoms with van der Waals surface area (Å²) < 4.78 is 8.94. The van der Waals surface area contributed by atoms with Crippen molar-refractivity contribution in [2.75, 3.05) is 10.6 Å². The van der Waals surface area contributed by atoms with Gasteiger partial charge in [-0.3, -0.25) is 5.32 Å². The number of carbonyl (C=O) groups is 1. The lowest BCUT2D eigenvalue weighted by Gasteiger charge is -2.12. The maximum Gasteiger partial charge on any atom is 0.325 e. The highest BCUT2D eigenvalue weighted by atomic mass is 32.1. The Morgan fingerprint density at radius 1 is 1.37 bits per heavy atom. The second kappa shape index (κ2) is 4.96. The number of urea groups is 1. The molecular formula is C11H15N5O2S. The molecule has 102 valence electrons. The fraction of sp³-hybridized carbons (Fsp3) is 0.455. The summed E-state index contributed by atoms with van der Waals surface area (Å²) in [6.07, 6.45) is 1.37. The minimum Gasteiger partial charge on any atom is -0.362 e. The molecule has 0 atom stereocenters. The number of carbonyl (C=O) groups excluding carboxylic acids is 1. The van der Waals surface area contributed by atoms with Crippen molar-refractivity contribution >= 4 is 28.4 Å². The van der Waals surface area contributed by atoms with Crippen LogP contribution in [-0.4, -0.2) is 20.5 Å². The van der Waals surface area contributed by atoms with Gasteiger partial charge in [-0.25, -0.2) is 9.78 Å². The molecule has 2 amide bonds. The van der Waals surface area contributed by atoms with E-state index < -0.39 is 6.03 Å². The number of anilines is 2. The molecule has 0 aromatic carbocycles. The van der Waals surface area contributed by atoms with Crippen molar-refractivity contribution < 1.29 is 9.32 Å². The van der Waals surface area contributed by atoms with E-state index in [-0.39, 0.29) is 5.41 Å². The van der Waals surface area contributed by atoms with Crippen LogP contribution >= 0.6 is 11.5 Å². The molecule has 0 spiro atoms. The van der Waals surface area contributed by atoms with Crippen LogP contribution < -0.4 is 10.6 Å². The molecule has 2 aromatic rings. The Kier molecular flexibility index (Phi) is 3.52. The number of aromatic nitrogens is 3. The zero-order chi connectivity index (χ0) is 14.0. The number of hydrogen-bond donors (Lipinski definition) is 2. The van der Waals surface area contributed by atoms with Gasteiger partial charge in [0.2, 0.25) is 5.13 Å². The minimum absolute atomic E-state index is 0.141. The summed E-state index contributed by atoms with van der Waals surface area (Å²) >= 11 is 1.15. The van der Waals surface area contributed by atoms with Crippen molar-refractivity contribution in [2.24, 2.45) is 0 Å². The first-order valence-electron chi connectivity index (χ1n) is 5.69. The molecule has 0 aliphatic heterocycles. The lowest BCUT2D eigenvalue weighted by Crippen LogP contribution is -2.20. The van der Waals surface area contributed by atoms with Crippen LogP contribution in [0, 0.1) is 6.92 Å². The van der Waals surface area contributed by atoms with E-state index >= 15 is 0 Å². The fourth-order valence-corrected chi connectivity index (χ4v) is 2.00. The third-order valence-corrected chi connectivity index (χ3v) is 2.95. The van der Waals surface area contributed by atoms with Crippen molar-refractivity contribution in [3.05, 3.63) is 17.8 Å². The third-order valence-electron chi connectivity index (χ3n) is 2.32. The quantitative estimate of drug-likeness (QED) is 0.882. The maximum absolute atomic E-state index is 11.7. The second-order valence-corrected chi connectivity index (χ2v) is 5.82. The molecule has 2 N–H and O–H groups in total. The van der Waals surface area contributed by atoms with Crippen LogP contribution in [0.25, 0.3) is 0 Å². The SMILES string of the molecule is Cc1nocc1NC(=O)Nc1nc(C(C)(C)C)ns1. The van der Waals surface area contributed by atoms with Gasteiger partial charge in [-0.2, -0.15) is 4.37 Å². The molecule has 0 saturated carbocycles. The lowest BCUT2D eigenvalue weighted by atomic mass is 9.96. The van der Waals surface area contributed by atoms with Crippen LogP contribution in [0.5, 0.6) is 0 Å². The molecule has 2 heterocycles. The summed E-state index contributed by atoms with van der Waals surface area (Å²) in [7, 11) is 0. The molecule has 8 heteroatoms. The Bertz CT molecular complexity index is 584. The third kappa shape index (κ3) is 3.28. The van der Waals surface area contributed by atoms with Gasteiger partial charge in [0.05, 0.1) is 0 Å². The molecule has 0 bridgehead atoms. The topological polar surface area (TPSA) is 92.9 Å². The second-order valence-electron chi connectivity index (χ2n) is 5.07. The van der Waals surface area contributed by atoms with Crippen LogP contribution in [0.15, 0.2) is 10.8 Å². The Morgan fingerprint density at radius 3 is 2.63 bits per heavy atom. The number of nitrogens with one attached hydrogen (secondary N) is 2. The molecule has 0 radical (unpaired) electrons. The Labute approximate surface area is 114 Å². The van der Waals surface area contributed by atoms with Gasteiger partial charge in [-0.05, 0) is 6.92 Å². The highest BCUT2D eigenvalue weighted by Gasteiger charge is 2.20. The number of aryl methyl sites for hydroxylation is 1. The predicted molar refractivity (Wildman–Crippen MR) is 72.5 cm³/mol. The van der Waals surface area contributed by atoms with Gasteiger partial charge in [-0.15, -0.1) is 0 Å². The molecule has 2 aromatic heterocycles. The Balaban J connectivity index is 2.00. The zero-order valence-electron chi connectivity index (χ0n) is 11.1. The molecule has 19 heavy (non-hydrogen) atoms. The van der Waals surface area contributed by atoms with E-state index in [9.17, 15) is 4.79 Å². The van der Waals surface area contributed by atoms with Gasteiger partial charge in [0, 0.05) is 16.9 Å². The van der Waals surface area contributed by atoms with Gasteiger partial charge >= 0.3 is 6.03 Å². The molecule has 7 nitrogen and oxygen atoms in total. The Morgan fingerprint density at radius 2 is 2.11 bits per heavy atom. The van der Waals surface area contributed by atoms with Crippen LogP contribution in [-0.2, 0) is 5.41 Å². The highest BCUT2D eigenvalue weighted by Crippen LogP contribution is 2.23. The smallest absolute Gasteiger partial charge is 0.325 e. The summed E-state index contributed by atoms with van der Waals surface area (Å²) in [6, 6.07) is -0.400. The van der Waals surface area contributed by atoms with E-state index in [0.717, 1.165) is 11.5 Å². The normalized spacial score (nSPS) is 11.4. The van der Waals surface area contributed by atoms with Crippen LogP contribution in [0.1, 0.15) is 32.3 Å². The average molecular weight is 281 g/mol. The first kappa shape index (κ1) is 13.5. The lowest BCUT2D eigenvalue weighted by molar-refractivity contribution is 0.262. The molecule has 0 saturated heterocycles. The highest BCUT2D eigenvalue weighted by molar-refractivity contribution is 7.09. The number of amides is 2. The van der Waals surface area contributed by atoms with Crippen molar-refractivity contribution in [2.45, 2.75) is 33.1 Å². The van der Waals surface area contributed by atoms with Crippen molar-refractivity contribution in [1.29, 1.82) is 0 Å². The fourth-order valence-electron chi connectivity index (χ4n) is 1.24. The van der Waals surface area contributed by atoms with E-state index in [1.54, 1.807) is 6.92 Å². The molecule has 2 rings (SSSR count). The standard InChI is InChI=1S/C11H15N5O2S/c1-6-7(5-18-15-6)12-9(17)14-10-13-8(16-19-10)11(2,3)4/h5H,1-4H3,(H2,12,13,14,16,17). The summed E-state index contributed by atoms with van der Waals surface area (Å²) in [6.45, 7) is 7.78. The summed E-state index contributed by atoms with van der Waals surface area (Å²) in [4.78, 5) is 16.0. The van der Waals surface area contributed by atoms with Crippen molar-refractivity contribution in [3.63, 3.8) is 0 Å². The summed E-state index contributed by atoms with van der Waals surface area (Å²) in [5.41, 5.74) is 0.999. The maximum atomic E-state index is 11.7. The van der Waals surface area contributed by atoms with Gasteiger partial charge in [0.1, 0.15) is 23.5 Å². The molecule has 0 unspecified atom stereocenters. The number of hydrogen-bond acceptors (Lipinski definition) is 6. The monoisotopic (exact) mass is 281 g/mol. The van der Waals surface area contributed by atoms with Gasteiger partial charge in [0.25, 0.3) is 0 Å². The Hall–Kier alpha value is -1.96. The van der Waals surface area contributed by atoms with Crippen LogP contribution in [0.3, 0.4) is 0 Å². The molecule has 0 aliphatic rings. The van der Waals surface area contributed by atoms with E-state index in [0.29, 0.717) is 22.3 Å². The van der Waals surface area contributed by atoms with Crippen molar-refractivity contribution in [1.82, 2.24) is 14.5 Å². The van der Waals surface area contributed by atoms with Crippen LogP contribution in [0.4, 0.5) is 15.6 Å². The molecular weight excluding hydrogens is 266 g/mol. The number of nitrogens with zero attached hydrogens (tertiary/aromatic N) is 3. The molecule has 0 fully saturated rings. The zero-order valence-corrected chi connectivity index (χ0v) is 12.0. The largest absolute Gasteiger partial charge is 0.362 e. The minimum atomic E-state index is -0.400. The van der Waals surface area contributed by atoms with Crippen LogP contribution in [0.2, 0.25) is 0 Å². The summed E-state index contributed by atoms with van der Waals surface area (Å²) in [5, 5.41) is 9.37. The van der Waals surface area contributed by atoms with Gasteiger partial charge in [-0.1, -0.05) is 25.9 Å². The first-order chi connectivity index (χ1) is 8.86. The van der Waals surface area contributed by atoms with E-state index in [1.807, 2.05) is 20.8 Å². The number of rotatable bonds is 2.